The smallest absolute Gasteiger partial charge is 0.271 e. The van der Waals surface area contributed by atoms with Gasteiger partial charge in [0.15, 0.2) is 0 Å². The quantitative estimate of drug-likeness (QED) is 0.393. The third-order valence-electron chi connectivity index (χ3n) is 4.85. The number of rotatable bonds is 8. The number of amides is 1. The van der Waals surface area contributed by atoms with Crippen LogP contribution in [0.15, 0.2) is 71.6 Å². The lowest BCUT2D eigenvalue weighted by Gasteiger charge is -2.24. The number of nitrogens with zero attached hydrogens (tertiary/aromatic N) is 2. The Kier molecular flexibility index (Phi) is 6.98. The van der Waals surface area contributed by atoms with E-state index < -0.39 is 27.4 Å². The molecular weight excluding hydrogens is 446 g/mol. The van der Waals surface area contributed by atoms with Crippen LogP contribution in [0.25, 0.3) is 0 Å². The van der Waals surface area contributed by atoms with E-state index in [2.05, 4.69) is 5.32 Å². The zero-order valence-corrected chi connectivity index (χ0v) is 19.1. The number of hydrogen-bond acceptors (Lipinski definition) is 6. The topological polar surface area (TPSA) is 119 Å². The van der Waals surface area contributed by atoms with E-state index in [9.17, 15) is 23.3 Å². The zero-order chi connectivity index (χ0) is 24.2. The Balaban J connectivity index is 1.97. The van der Waals surface area contributed by atoms with Gasteiger partial charge in [0.25, 0.3) is 15.7 Å². The van der Waals surface area contributed by atoms with E-state index in [4.69, 9.17) is 4.74 Å². The van der Waals surface area contributed by atoms with Crippen molar-refractivity contribution in [1.29, 1.82) is 0 Å². The van der Waals surface area contributed by atoms with Crippen molar-refractivity contribution in [1.82, 2.24) is 0 Å². The Morgan fingerprint density at radius 1 is 1.03 bits per heavy atom. The molecule has 0 fully saturated rings. The van der Waals surface area contributed by atoms with E-state index >= 15 is 0 Å². The van der Waals surface area contributed by atoms with Crippen molar-refractivity contribution < 1.29 is 22.9 Å². The second kappa shape index (κ2) is 9.70. The summed E-state index contributed by atoms with van der Waals surface area (Å²) >= 11 is 0. The van der Waals surface area contributed by atoms with Gasteiger partial charge in [-0.05, 0) is 49.7 Å². The van der Waals surface area contributed by atoms with Crippen molar-refractivity contribution in [2.24, 2.45) is 0 Å². The van der Waals surface area contributed by atoms with Crippen LogP contribution in [0.4, 0.5) is 17.1 Å². The Morgan fingerprint density at radius 3 is 2.33 bits per heavy atom. The van der Waals surface area contributed by atoms with E-state index in [0.29, 0.717) is 5.69 Å². The van der Waals surface area contributed by atoms with Gasteiger partial charge in [0.05, 0.1) is 28.3 Å². The Morgan fingerprint density at radius 2 is 1.73 bits per heavy atom. The molecule has 1 amide bonds. The van der Waals surface area contributed by atoms with Gasteiger partial charge in [-0.15, -0.1) is 0 Å². The minimum atomic E-state index is -4.08. The summed E-state index contributed by atoms with van der Waals surface area (Å²) in [7, 11) is -2.72. The predicted molar refractivity (Wildman–Crippen MR) is 125 cm³/mol. The number of benzene rings is 3. The summed E-state index contributed by atoms with van der Waals surface area (Å²) in [6, 6.07) is 16.8. The van der Waals surface area contributed by atoms with Crippen LogP contribution in [0.5, 0.6) is 5.75 Å². The molecular formula is C23H23N3O6S. The second-order valence-corrected chi connectivity index (χ2v) is 9.22. The van der Waals surface area contributed by atoms with Crippen LogP contribution >= 0.6 is 0 Å². The van der Waals surface area contributed by atoms with E-state index in [1.807, 2.05) is 19.9 Å². The Hall–Kier alpha value is -3.92. The second-order valence-electron chi connectivity index (χ2n) is 7.35. The number of hydrogen-bond donors (Lipinski definition) is 1. The van der Waals surface area contributed by atoms with Crippen LogP contribution in [0.3, 0.4) is 0 Å². The fraction of sp³-hybridized carbons (Fsp3) is 0.174. The lowest BCUT2D eigenvalue weighted by atomic mass is 10.2. The Bertz CT molecular complexity index is 1290. The number of methoxy groups -OCH3 is 1. The van der Waals surface area contributed by atoms with Crippen molar-refractivity contribution >= 4 is 33.0 Å². The number of nitro benzene ring substituents is 1. The summed E-state index contributed by atoms with van der Waals surface area (Å²) < 4.78 is 33.1. The highest BCUT2D eigenvalue weighted by atomic mass is 32.2. The van der Waals surface area contributed by atoms with Gasteiger partial charge >= 0.3 is 0 Å². The van der Waals surface area contributed by atoms with Gasteiger partial charge in [0.2, 0.25) is 5.91 Å². The molecule has 9 nitrogen and oxygen atoms in total. The Labute approximate surface area is 191 Å². The van der Waals surface area contributed by atoms with Crippen molar-refractivity contribution in [3.63, 3.8) is 0 Å². The highest BCUT2D eigenvalue weighted by Crippen LogP contribution is 2.30. The summed E-state index contributed by atoms with van der Waals surface area (Å²) in [4.78, 5) is 23.5. The lowest BCUT2D eigenvalue weighted by Crippen LogP contribution is -2.38. The summed E-state index contributed by atoms with van der Waals surface area (Å²) in [6.45, 7) is 3.11. The largest absolute Gasteiger partial charge is 0.495 e. The van der Waals surface area contributed by atoms with Gasteiger partial charge in [0, 0.05) is 12.1 Å². The van der Waals surface area contributed by atoms with E-state index in [-0.39, 0.29) is 22.0 Å². The van der Waals surface area contributed by atoms with Gasteiger partial charge in [0.1, 0.15) is 12.3 Å². The number of ether oxygens (including phenoxy) is 1. The fourth-order valence-electron chi connectivity index (χ4n) is 3.16. The molecule has 0 radical (unpaired) electrons. The van der Waals surface area contributed by atoms with E-state index in [0.717, 1.165) is 21.5 Å². The highest BCUT2D eigenvalue weighted by Gasteiger charge is 2.28. The van der Waals surface area contributed by atoms with Gasteiger partial charge in [-0.3, -0.25) is 19.2 Å². The van der Waals surface area contributed by atoms with E-state index in [1.54, 1.807) is 30.3 Å². The van der Waals surface area contributed by atoms with Crippen LogP contribution in [0, 0.1) is 24.0 Å². The third-order valence-corrected chi connectivity index (χ3v) is 6.64. The summed E-state index contributed by atoms with van der Waals surface area (Å²) in [5.41, 5.74) is 1.85. The number of nitro groups is 1. The molecule has 0 atom stereocenters. The molecule has 0 aliphatic heterocycles. The first kappa shape index (κ1) is 23.7. The fourth-order valence-corrected chi connectivity index (χ4v) is 4.58. The third kappa shape index (κ3) is 5.47. The molecule has 0 unspecified atom stereocenters. The summed E-state index contributed by atoms with van der Waals surface area (Å²) in [5.74, 6) is -0.483. The lowest BCUT2D eigenvalue weighted by molar-refractivity contribution is -0.384. The van der Waals surface area contributed by atoms with Crippen molar-refractivity contribution in [2.45, 2.75) is 18.7 Å². The van der Waals surface area contributed by atoms with Crippen molar-refractivity contribution in [3.05, 3.63) is 88.0 Å². The molecule has 0 heterocycles. The maximum absolute atomic E-state index is 13.4. The number of non-ortho nitro benzene ring substituents is 1. The number of anilines is 2. The molecule has 0 aromatic heterocycles. The predicted octanol–water partition coefficient (Wildman–Crippen LogP) is 4.05. The first-order valence-corrected chi connectivity index (χ1v) is 11.3. The molecule has 0 saturated carbocycles. The summed E-state index contributed by atoms with van der Waals surface area (Å²) in [6.07, 6.45) is 0. The van der Waals surface area contributed by atoms with E-state index in [1.165, 1.54) is 31.4 Å². The minimum Gasteiger partial charge on any atom is -0.495 e. The van der Waals surface area contributed by atoms with Crippen LogP contribution < -0.4 is 14.4 Å². The molecule has 0 bridgehead atoms. The first-order chi connectivity index (χ1) is 15.6. The number of nitrogens with one attached hydrogen (secondary N) is 1. The van der Waals surface area contributed by atoms with Crippen LogP contribution in [-0.2, 0) is 14.8 Å². The maximum atomic E-state index is 13.4. The minimum absolute atomic E-state index is 0.0373. The number of aryl methyl sites for hydroxylation is 2. The molecule has 3 rings (SSSR count). The molecule has 3 aromatic carbocycles. The summed E-state index contributed by atoms with van der Waals surface area (Å²) in [5, 5.41) is 13.6. The van der Waals surface area contributed by atoms with Gasteiger partial charge in [-0.25, -0.2) is 8.42 Å². The molecule has 0 aliphatic rings. The normalized spacial score (nSPS) is 11.0. The van der Waals surface area contributed by atoms with Crippen molar-refractivity contribution in [3.8, 4) is 5.75 Å². The van der Waals surface area contributed by atoms with Crippen LogP contribution in [0.2, 0.25) is 0 Å². The molecule has 0 aliphatic carbocycles. The molecule has 172 valence electrons. The average Bonchev–Trinajstić information content (AvgIpc) is 2.77. The van der Waals surface area contributed by atoms with Gasteiger partial charge < -0.3 is 10.1 Å². The molecule has 0 spiro atoms. The first-order valence-electron chi connectivity index (χ1n) is 9.90. The molecule has 10 heteroatoms. The molecule has 1 N–H and O–H groups in total. The highest BCUT2D eigenvalue weighted by molar-refractivity contribution is 7.92. The monoisotopic (exact) mass is 469 g/mol. The van der Waals surface area contributed by atoms with Gasteiger partial charge in [-0.1, -0.05) is 29.8 Å². The van der Waals surface area contributed by atoms with Crippen molar-refractivity contribution in [2.75, 3.05) is 23.3 Å². The molecule has 3 aromatic rings. The molecule has 0 saturated heterocycles. The van der Waals surface area contributed by atoms with Crippen LogP contribution in [0.1, 0.15) is 11.1 Å². The van der Waals surface area contributed by atoms with Crippen LogP contribution in [-0.4, -0.2) is 32.9 Å². The number of sulfonamides is 1. The number of carbonyl (C=O) groups excluding carboxylic acids is 1. The maximum Gasteiger partial charge on any atom is 0.271 e. The standard InChI is InChI=1S/C23H23N3O6S/c1-16-7-10-20(11-8-16)33(30,31)25(18-6-4-5-17(2)13-18)15-23(27)24-21-14-19(26(28)29)9-12-22(21)32-3/h4-14H,15H2,1-3H3,(H,24,27). The number of carbonyl (C=O) groups is 1. The molecule has 33 heavy (non-hydrogen) atoms. The average molecular weight is 470 g/mol. The SMILES string of the molecule is COc1ccc([N+](=O)[O-])cc1NC(=O)CN(c1cccc(C)c1)S(=O)(=O)c1ccc(C)cc1. The van der Waals surface area contributed by atoms with Gasteiger partial charge in [-0.2, -0.15) is 0 Å². The zero-order valence-electron chi connectivity index (χ0n) is 18.3.